The third kappa shape index (κ3) is 2.56. The van der Waals surface area contributed by atoms with E-state index in [1.54, 1.807) is 6.07 Å². The normalized spacial score (nSPS) is 8.00. The van der Waals surface area contributed by atoms with Crippen LogP contribution in [0.2, 0.25) is 0 Å². The molecule has 53 valence electrons. The van der Waals surface area contributed by atoms with Gasteiger partial charge in [-0.3, -0.25) is 0 Å². The molecule has 0 amide bonds. The van der Waals surface area contributed by atoms with Crippen LogP contribution >= 0.6 is 0 Å². The maximum Gasteiger partial charge on any atom is 0.119 e. The van der Waals surface area contributed by atoms with Gasteiger partial charge in [0.1, 0.15) is 11.5 Å². The van der Waals surface area contributed by atoms with Crippen molar-refractivity contribution in [3.05, 3.63) is 24.3 Å². The number of phenols is 2. The Hall–Kier alpha value is -0.440. The molecule has 1 radical (unpaired) electrons. The van der Waals surface area contributed by atoms with E-state index in [1.807, 2.05) is 0 Å². The number of aromatic hydroxyl groups is 2. The quantitative estimate of drug-likeness (QED) is 0.705. The van der Waals surface area contributed by atoms with Crippen LogP contribution in [0.25, 0.3) is 0 Å². The van der Waals surface area contributed by atoms with Gasteiger partial charge in [-0.25, -0.2) is 0 Å². The Morgan fingerprint density at radius 3 is 1.67 bits per heavy atom. The molecule has 0 aliphatic rings. The van der Waals surface area contributed by atoms with Crippen molar-refractivity contribution in [2.45, 2.75) is 0 Å². The zero-order chi connectivity index (χ0) is 5.98. The summed E-state index contributed by atoms with van der Waals surface area (Å²) in [5.74, 6) is 0.176. The molecular weight excluding hydrogens is 301 g/mol. The average molecular weight is 307 g/mol. The molecule has 9 heavy (non-hydrogen) atoms. The van der Waals surface area contributed by atoms with Gasteiger partial charge >= 0.3 is 0 Å². The van der Waals surface area contributed by atoms with E-state index in [-0.39, 0.29) is 33.9 Å². The van der Waals surface area contributed by atoms with Crippen molar-refractivity contribution in [3.63, 3.8) is 0 Å². The summed E-state index contributed by atoms with van der Waals surface area (Å²) in [5, 5.41) is 17.3. The topological polar surface area (TPSA) is 40.5 Å². The van der Waals surface area contributed by atoms with Crippen LogP contribution in [-0.4, -0.2) is 10.2 Å². The van der Waals surface area contributed by atoms with E-state index in [9.17, 15) is 0 Å². The van der Waals surface area contributed by atoms with E-state index in [0.29, 0.717) is 0 Å². The number of hydrogen-bond acceptors (Lipinski definition) is 2. The molecule has 0 spiro atoms. The molecule has 1 aromatic carbocycles. The molecule has 3 heteroatoms. The van der Waals surface area contributed by atoms with E-state index in [0.717, 1.165) is 0 Å². The van der Waals surface area contributed by atoms with Crippen molar-refractivity contribution in [3.8, 4) is 11.5 Å². The zero-order valence-electron chi connectivity index (χ0n) is 4.51. The summed E-state index contributed by atoms with van der Waals surface area (Å²) >= 11 is 0. The summed E-state index contributed by atoms with van der Waals surface area (Å²) < 4.78 is 0. The molecule has 0 aliphatic heterocycles. The van der Waals surface area contributed by atoms with Gasteiger partial charge in [0.15, 0.2) is 0 Å². The number of phenolic OH excluding ortho intramolecular Hbond substituents is 2. The van der Waals surface area contributed by atoms with Gasteiger partial charge in [-0.2, -0.15) is 0 Å². The first kappa shape index (κ1) is 8.56. The van der Waals surface area contributed by atoms with E-state index >= 15 is 0 Å². The third-order valence-corrected chi connectivity index (χ3v) is 0.830. The summed E-state index contributed by atoms with van der Waals surface area (Å²) in [4.78, 5) is 0. The minimum absolute atomic E-state index is 0. The average Bonchev–Trinajstić information content (AvgIpc) is 1.64. The monoisotopic (exact) mass is 307 g/mol. The van der Waals surface area contributed by atoms with Gasteiger partial charge < -0.3 is 10.2 Å². The molecule has 0 fully saturated rings. The minimum Gasteiger partial charge on any atom is -0.508 e. The molecule has 0 aliphatic carbocycles. The second-order valence-corrected chi connectivity index (χ2v) is 1.52. The smallest absolute Gasteiger partial charge is 0.119 e. The predicted molar refractivity (Wildman–Crippen MR) is 29.8 cm³/mol. The van der Waals surface area contributed by atoms with Gasteiger partial charge in [0, 0.05) is 28.4 Å². The van der Waals surface area contributed by atoms with Gasteiger partial charge in [0.05, 0.1) is 0 Å². The third-order valence-electron chi connectivity index (χ3n) is 0.830. The summed E-state index contributed by atoms with van der Waals surface area (Å²) in [6.45, 7) is 0. The first-order valence-electron chi connectivity index (χ1n) is 2.27. The van der Waals surface area contributed by atoms with Crippen molar-refractivity contribution >= 4 is 0 Å². The summed E-state index contributed by atoms with van der Waals surface area (Å²) in [6, 6.07) is 5.85. The first-order chi connectivity index (χ1) is 3.79. The summed E-state index contributed by atoms with van der Waals surface area (Å²) in [7, 11) is 0. The Kier molecular flexibility index (Phi) is 3.39. The molecule has 0 unspecified atom stereocenters. The van der Waals surface area contributed by atoms with Crippen LogP contribution in [0.1, 0.15) is 0 Å². The van der Waals surface area contributed by atoms with Gasteiger partial charge in [-0.15, -0.1) is 0 Å². The maximum absolute atomic E-state index is 8.65. The second kappa shape index (κ2) is 3.56. The largest absolute Gasteiger partial charge is 0.508 e. The maximum atomic E-state index is 8.65. The number of rotatable bonds is 0. The van der Waals surface area contributed by atoms with E-state index in [4.69, 9.17) is 10.2 Å². The summed E-state index contributed by atoms with van der Waals surface area (Å²) in [6.07, 6.45) is 0. The van der Waals surface area contributed by atoms with Crippen molar-refractivity contribution in [1.82, 2.24) is 0 Å². The molecule has 1 rings (SSSR count). The molecule has 0 saturated heterocycles. The van der Waals surface area contributed by atoms with Crippen molar-refractivity contribution < 1.29 is 32.6 Å². The molecule has 0 bridgehead atoms. The Bertz CT molecular complexity index is 171. The van der Waals surface area contributed by atoms with Gasteiger partial charge in [0.25, 0.3) is 0 Å². The van der Waals surface area contributed by atoms with E-state index in [1.165, 1.54) is 18.2 Å². The fourth-order valence-corrected chi connectivity index (χ4v) is 0.493. The molecule has 0 aromatic heterocycles. The Balaban J connectivity index is 0.000000640. The van der Waals surface area contributed by atoms with Gasteiger partial charge in [0.2, 0.25) is 0 Å². The summed E-state index contributed by atoms with van der Waals surface area (Å²) in [5.41, 5.74) is 0. The SMILES string of the molecule is Oc1cccc(O)c1.[Au]. The van der Waals surface area contributed by atoms with Crippen LogP contribution in [0.15, 0.2) is 24.3 Å². The molecule has 0 saturated carbocycles. The molecule has 1 aromatic rings. The van der Waals surface area contributed by atoms with Crippen LogP contribution in [0.4, 0.5) is 0 Å². The van der Waals surface area contributed by atoms with Crippen LogP contribution in [0.3, 0.4) is 0 Å². The second-order valence-electron chi connectivity index (χ2n) is 1.52. The molecule has 2 N–H and O–H groups in total. The standard InChI is InChI=1S/C6H6O2.Au/c7-5-2-1-3-6(8)4-5;/h1-4,7-8H;. The molecule has 2 nitrogen and oxygen atoms in total. The van der Waals surface area contributed by atoms with E-state index < -0.39 is 0 Å². The van der Waals surface area contributed by atoms with Crippen molar-refractivity contribution in [1.29, 1.82) is 0 Å². The predicted octanol–water partition coefficient (Wildman–Crippen LogP) is 1.10. The number of benzene rings is 1. The fraction of sp³-hybridized carbons (Fsp3) is 0. The Morgan fingerprint density at radius 2 is 1.44 bits per heavy atom. The van der Waals surface area contributed by atoms with Crippen molar-refractivity contribution in [2.75, 3.05) is 0 Å². The van der Waals surface area contributed by atoms with E-state index in [2.05, 4.69) is 0 Å². The minimum atomic E-state index is 0. The Labute approximate surface area is 68.7 Å². The van der Waals surface area contributed by atoms with Gasteiger partial charge in [-0.1, -0.05) is 6.07 Å². The van der Waals surface area contributed by atoms with Crippen molar-refractivity contribution in [2.24, 2.45) is 0 Å². The molecular formula is C6H6AuO2. The van der Waals surface area contributed by atoms with Crippen LogP contribution in [-0.2, 0) is 22.4 Å². The number of hydrogen-bond donors (Lipinski definition) is 2. The zero-order valence-corrected chi connectivity index (χ0v) is 6.67. The molecule has 0 heterocycles. The first-order valence-corrected chi connectivity index (χ1v) is 2.27. The fourth-order valence-electron chi connectivity index (χ4n) is 0.493. The Morgan fingerprint density at radius 1 is 1.00 bits per heavy atom. The van der Waals surface area contributed by atoms with Crippen LogP contribution in [0.5, 0.6) is 11.5 Å². The molecule has 0 atom stereocenters. The van der Waals surface area contributed by atoms with Crippen LogP contribution in [0, 0.1) is 0 Å². The van der Waals surface area contributed by atoms with Crippen LogP contribution < -0.4 is 0 Å². The van der Waals surface area contributed by atoms with Gasteiger partial charge in [-0.05, 0) is 12.1 Å².